The van der Waals surface area contributed by atoms with Crippen molar-refractivity contribution in [1.82, 2.24) is 4.90 Å². The summed E-state index contributed by atoms with van der Waals surface area (Å²) in [6.07, 6.45) is 2.84. The first-order chi connectivity index (χ1) is 5.55. The molecule has 0 N–H and O–H groups in total. The van der Waals surface area contributed by atoms with Crippen LogP contribution in [-0.2, 0) is 8.87 Å². The molecule has 1 aliphatic heterocycles. The minimum absolute atomic E-state index is 0.348. The lowest BCUT2D eigenvalue weighted by Gasteiger charge is -2.32. The van der Waals surface area contributed by atoms with Crippen molar-refractivity contribution in [3.8, 4) is 0 Å². The standard InChI is InChI=1S/C7H15NO2S2/c1-2-8-6-4-3-5-7(8)12(9,10)11/h7H,2-6H2,1H3,(H,9,10,11). The summed E-state index contributed by atoms with van der Waals surface area (Å²) in [4.78, 5) is 1.98. The number of piperidine rings is 1. The van der Waals surface area contributed by atoms with E-state index in [1.165, 1.54) is 0 Å². The number of thiol groups is 1. The van der Waals surface area contributed by atoms with Crippen LogP contribution in [0, 0.1) is 0 Å². The molecule has 0 saturated carbocycles. The summed E-state index contributed by atoms with van der Waals surface area (Å²) in [5, 5.41) is -0.348. The van der Waals surface area contributed by atoms with Crippen molar-refractivity contribution in [1.29, 1.82) is 0 Å². The third kappa shape index (κ3) is 2.37. The van der Waals surface area contributed by atoms with Crippen molar-refractivity contribution in [2.75, 3.05) is 13.1 Å². The Morgan fingerprint density at radius 3 is 2.58 bits per heavy atom. The zero-order chi connectivity index (χ0) is 9.19. The molecule has 1 saturated heterocycles. The Kier molecular flexibility index (Phi) is 3.43. The van der Waals surface area contributed by atoms with Gasteiger partial charge in [0.05, 0.1) is 0 Å². The second-order valence-corrected chi connectivity index (χ2v) is 6.19. The molecule has 1 rings (SSSR count). The summed E-state index contributed by atoms with van der Waals surface area (Å²) < 4.78 is 22.4. The van der Waals surface area contributed by atoms with E-state index in [9.17, 15) is 8.42 Å². The van der Waals surface area contributed by atoms with Gasteiger partial charge in [-0.3, -0.25) is 4.90 Å². The van der Waals surface area contributed by atoms with Crippen LogP contribution in [0.15, 0.2) is 0 Å². The molecule has 0 aliphatic carbocycles. The van der Waals surface area contributed by atoms with Gasteiger partial charge in [0.15, 0.2) is 0 Å². The summed E-state index contributed by atoms with van der Waals surface area (Å²) in [5.74, 6) is 0. The van der Waals surface area contributed by atoms with Gasteiger partial charge in [-0.1, -0.05) is 6.92 Å². The van der Waals surface area contributed by atoms with Crippen LogP contribution in [0.4, 0.5) is 0 Å². The van der Waals surface area contributed by atoms with Gasteiger partial charge in [0, 0.05) is 0 Å². The van der Waals surface area contributed by atoms with Gasteiger partial charge in [-0.15, -0.1) is 0 Å². The molecule has 12 heavy (non-hydrogen) atoms. The molecule has 0 amide bonds. The van der Waals surface area contributed by atoms with Crippen molar-refractivity contribution >= 4 is 20.5 Å². The number of rotatable bonds is 2. The average Bonchev–Trinajstić information content (AvgIpc) is 2.03. The first-order valence-electron chi connectivity index (χ1n) is 4.26. The molecular weight excluding hydrogens is 194 g/mol. The summed E-state index contributed by atoms with van der Waals surface area (Å²) in [7, 11) is -3.17. The number of hydrogen-bond acceptors (Lipinski definition) is 3. The molecule has 3 nitrogen and oxygen atoms in total. The summed E-state index contributed by atoms with van der Waals surface area (Å²) in [6.45, 7) is 3.67. The van der Waals surface area contributed by atoms with Gasteiger partial charge in [-0.2, -0.15) is 0 Å². The highest BCUT2D eigenvalue weighted by atomic mass is 33.1. The molecule has 5 heteroatoms. The smallest absolute Gasteiger partial charge is 0.214 e. The second kappa shape index (κ2) is 3.98. The number of likely N-dealkylation sites (tertiary alicyclic amines) is 1. The summed E-state index contributed by atoms with van der Waals surface area (Å²) in [5.41, 5.74) is 0. The van der Waals surface area contributed by atoms with Crippen LogP contribution in [0.3, 0.4) is 0 Å². The van der Waals surface area contributed by atoms with Crippen molar-refractivity contribution in [2.45, 2.75) is 31.6 Å². The Balaban J connectivity index is 2.72. The Labute approximate surface area is 78.9 Å². The highest BCUT2D eigenvalue weighted by molar-refractivity contribution is 8.63. The third-order valence-electron chi connectivity index (χ3n) is 2.30. The van der Waals surface area contributed by atoms with Crippen molar-refractivity contribution < 1.29 is 8.42 Å². The fourth-order valence-electron chi connectivity index (χ4n) is 1.66. The topological polar surface area (TPSA) is 37.4 Å². The lowest BCUT2D eigenvalue weighted by molar-refractivity contribution is 0.210. The predicted molar refractivity (Wildman–Crippen MR) is 52.8 cm³/mol. The maximum atomic E-state index is 11.2. The quantitative estimate of drug-likeness (QED) is 0.546. The molecular formula is C7H15NO2S2. The van der Waals surface area contributed by atoms with Gasteiger partial charge >= 0.3 is 0 Å². The minimum atomic E-state index is -3.17. The van der Waals surface area contributed by atoms with Crippen LogP contribution >= 0.6 is 11.7 Å². The zero-order valence-electron chi connectivity index (χ0n) is 7.23. The van der Waals surface area contributed by atoms with Crippen LogP contribution in [0.25, 0.3) is 0 Å². The largest absolute Gasteiger partial charge is 0.287 e. The maximum absolute atomic E-state index is 11.2. The van der Waals surface area contributed by atoms with Crippen molar-refractivity contribution in [3.63, 3.8) is 0 Å². The van der Waals surface area contributed by atoms with Crippen LogP contribution in [0.5, 0.6) is 0 Å². The van der Waals surface area contributed by atoms with E-state index < -0.39 is 8.87 Å². The molecule has 1 unspecified atom stereocenters. The van der Waals surface area contributed by atoms with E-state index >= 15 is 0 Å². The number of nitrogens with zero attached hydrogens (tertiary/aromatic N) is 1. The van der Waals surface area contributed by atoms with E-state index in [2.05, 4.69) is 11.7 Å². The van der Waals surface area contributed by atoms with Crippen molar-refractivity contribution in [2.24, 2.45) is 0 Å². The van der Waals surface area contributed by atoms with E-state index in [0.29, 0.717) is 0 Å². The Bertz CT molecular complexity index is 238. The molecule has 1 aliphatic rings. The molecule has 0 spiro atoms. The van der Waals surface area contributed by atoms with Crippen LogP contribution in [0.2, 0.25) is 0 Å². The average molecular weight is 209 g/mol. The predicted octanol–water partition coefficient (Wildman–Crippen LogP) is 1.08. The van der Waals surface area contributed by atoms with Gasteiger partial charge in [0.1, 0.15) is 5.37 Å². The third-order valence-corrected chi connectivity index (χ3v) is 4.26. The Morgan fingerprint density at radius 1 is 1.50 bits per heavy atom. The van der Waals surface area contributed by atoms with Gasteiger partial charge in [-0.25, -0.2) is 8.42 Å². The van der Waals surface area contributed by atoms with Crippen LogP contribution in [-0.4, -0.2) is 31.8 Å². The molecule has 1 atom stereocenters. The van der Waals surface area contributed by atoms with Crippen LogP contribution < -0.4 is 0 Å². The maximum Gasteiger partial charge on any atom is 0.214 e. The normalized spacial score (nSPS) is 27.3. The van der Waals surface area contributed by atoms with E-state index in [0.717, 1.165) is 32.4 Å². The molecule has 0 radical (unpaired) electrons. The van der Waals surface area contributed by atoms with Gasteiger partial charge in [-0.05, 0) is 44.0 Å². The fraction of sp³-hybridized carbons (Fsp3) is 1.00. The SMILES string of the molecule is CCN1CCCCC1S(=O)(=O)S. The van der Waals surface area contributed by atoms with Gasteiger partial charge < -0.3 is 0 Å². The summed E-state index contributed by atoms with van der Waals surface area (Å²) >= 11 is 3.64. The van der Waals surface area contributed by atoms with Gasteiger partial charge in [0.25, 0.3) is 0 Å². The highest BCUT2D eigenvalue weighted by Gasteiger charge is 2.29. The van der Waals surface area contributed by atoms with E-state index in [1.54, 1.807) is 0 Å². The number of hydrogen-bond donors (Lipinski definition) is 1. The first kappa shape index (κ1) is 10.3. The summed E-state index contributed by atoms with van der Waals surface area (Å²) in [6, 6.07) is 0. The molecule has 0 aromatic heterocycles. The fourth-order valence-corrected chi connectivity index (χ4v) is 3.47. The zero-order valence-corrected chi connectivity index (χ0v) is 8.94. The molecule has 0 bridgehead atoms. The Morgan fingerprint density at radius 2 is 2.17 bits per heavy atom. The Hall–Kier alpha value is 0.260. The van der Waals surface area contributed by atoms with Gasteiger partial charge in [0.2, 0.25) is 8.87 Å². The lowest BCUT2D eigenvalue weighted by Crippen LogP contribution is -2.42. The molecule has 72 valence electrons. The lowest BCUT2D eigenvalue weighted by atomic mass is 10.1. The monoisotopic (exact) mass is 209 g/mol. The second-order valence-electron chi connectivity index (χ2n) is 3.09. The van der Waals surface area contributed by atoms with E-state index in [1.807, 2.05) is 11.8 Å². The molecule has 1 fully saturated rings. The molecule has 1 heterocycles. The molecule has 0 aromatic carbocycles. The first-order valence-corrected chi connectivity index (χ1v) is 6.86. The van der Waals surface area contributed by atoms with E-state index in [-0.39, 0.29) is 5.37 Å². The van der Waals surface area contributed by atoms with Crippen molar-refractivity contribution in [3.05, 3.63) is 0 Å². The molecule has 0 aromatic rings. The minimum Gasteiger partial charge on any atom is -0.287 e. The van der Waals surface area contributed by atoms with Crippen LogP contribution in [0.1, 0.15) is 26.2 Å². The highest BCUT2D eigenvalue weighted by Crippen LogP contribution is 2.23. The van der Waals surface area contributed by atoms with E-state index in [4.69, 9.17) is 0 Å².